The quantitative estimate of drug-likeness (QED) is 0.906. The number of piperidine rings is 1. The van der Waals surface area contributed by atoms with E-state index in [0.29, 0.717) is 0 Å². The van der Waals surface area contributed by atoms with Crippen molar-refractivity contribution in [2.24, 2.45) is 11.7 Å². The third-order valence-corrected chi connectivity index (χ3v) is 5.15. The van der Waals surface area contributed by atoms with Crippen LogP contribution in [0, 0.1) is 11.7 Å². The van der Waals surface area contributed by atoms with E-state index >= 15 is 0 Å². The molecule has 2 aromatic rings. The van der Waals surface area contributed by atoms with Crippen molar-refractivity contribution in [1.29, 1.82) is 0 Å². The molecule has 4 heteroatoms. The number of halogens is 1. The van der Waals surface area contributed by atoms with Gasteiger partial charge in [-0.05, 0) is 42.5 Å². The number of rotatable bonds is 4. The van der Waals surface area contributed by atoms with Crippen molar-refractivity contribution in [3.8, 4) is 0 Å². The van der Waals surface area contributed by atoms with E-state index in [-0.39, 0.29) is 29.7 Å². The maximum Gasteiger partial charge on any atom is 0.227 e. The lowest BCUT2D eigenvalue weighted by atomic mass is 9.90. The monoisotopic (exact) mass is 340 g/mol. The van der Waals surface area contributed by atoms with Crippen LogP contribution >= 0.6 is 0 Å². The van der Waals surface area contributed by atoms with Crippen LogP contribution in [0.1, 0.15) is 49.4 Å². The Morgan fingerprint density at radius 1 is 1.12 bits per heavy atom. The zero-order valence-electron chi connectivity index (χ0n) is 14.6. The van der Waals surface area contributed by atoms with Gasteiger partial charge < -0.3 is 10.6 Å². The molecule has 3 rings (SSSR count). The van der Waals surface area contributed by atoms with Crippen LogP contribution in [-0.2, 0) is 4.79 Å². The fourth-order valence-corrected chi connectivity index (χ4v) is 3.61. The Morgan fingerprint density at radius 2 is 1.80 bits per heavy atom. The fraction of sp³-hybridized carbons (Fsp3) is 0.381. The highest BCUT2D eigenvalue weighted by Gasteiger charge is 2.33. The zero-order valence-corrected chi connectivity index (χ0v) is 14.6. The highest BCUT2D eigenvalue weighted by Crippen LogP contribution is 2.33. The Labute approximate surface area is 148 Å². The number of carbonyl (C=O) groups is 1. The highest BCUT2D eigenvalue weighted by atomic mass is 19.1. The van der Waals surface area contributed by atoms with Crippen LogP contribution in [-0.4, -0.2) is 17.4 Å². The molecule has 3 unspecified atom stereocenters. The Hall–Kier alpha value is -2.20. The standard InChI is InChI=1S/C21H25FN2O/c1-15(20(23)17-7-3-2-4-8-17)21(25)24-14-6-5-9-19(24)16-10-12-18(22)13-11-16/h2-4,7-8,10-13,15,19-20H,5-6,9,14,23H2,1H3. The number of benzene rings is 2. The van der Waals surface area contributed by atoms with E-state index in [1.54, 1.807) is 12.1 Å². The van der Waals surface area contributed by atoms with Gasteiger partial charge in [0.25, 0.3) is 0 Å². The lowest BCUT2D eigenvalue weighted by Crippen LogP contribution is -2.43. The maximum atomic E-state index is 13.2. The minimum Gasteiger partial charge on any atom is -0.335 e. The summed E-state index contributed by atoms with van der Waals surface area (Å²) in [7, 11) is 0. The number of carbonyl (C=O) groups excluding carboxylic acids is 1. The molecule has 1 amide bonds. The second-order valence-corrected chi connectivity index (χ2v) is 6.82. The van der Waals surface area contributed by atoms with Crippen LogP contribution in [0.4, 0.5) is 4.39 Å². The Bertz CT molecular complexity index is 702. The predicted octanol–water partition coefficient (Wildman–Crippen LogP) is 4.22. The molecule has 0 aromatic heterocycles. The molecule has 0 radical (unpaired) electrons. The first-order valence-corrected chi connectivity index (χ1v) is 8.94. The molecule has 1 aliphatic heterocycles. The smallest absolute Gasteiger partial charge is 0.227 e. The van der Waals surface area contributed by atoms with Gasteiger partial charge in [-0.1, -0.05) is 49.4 Å². The lowest BCUT2D eigenvalue weighted by Gasteiger charge is -2.38. The average molecular weight is 340 g/mol. The number of nitrogens with two attached hydrogens (primary N) is 1. The van der Waals surface area contributed by atoms with Gasteiger partial charge in [0.1, 0.15) is 5.82 Å². The van der Waals surface area contributed by atoms with Gasteiger partial charge in [0.2, 0.25) is 5.91 Å². The molecule has 3 nitrogen and oxygen atoms in total. The van der Waals surface area contributed by atoms with Gasteiger partial charge in [-0.15, -0.1) is 0 Å². The average Bonchev–Trinajstić information content (AvgIpc) is 2.67. The molecule has 2 N–H and O–H groups in total. The van der Waals surface area contributed by atoms with Gasteiger partial charge in [0, 0.05) is 12.6 Å². The van der Waals surface area contributed by atoms with Gasteiger partial charge in [-0.25, -0.2) is 4.39 Å². The van der Waals surface area contributed by atoms with Crippen LogP contribution in [0.25, 0.3) is 0 Å². The third kappa shape index (κ3) is 3.90. The first kappa shape index (κ1) is 17.6. The van der Waals surface area contributed by atoms with Crippen molar-refractivity contribution in [3.05, 3.63) is 71.5 Å². The summed E-state index contributed by atoms with van der Waals surface area (Å²) >= 11 is 0. The van der Waals surface area contributed by atoms with E-state index in [1.807, 2.05) is 42.2 Å². The molecular weight excluding hydrogens is 315 g/mol. The van der Waals surface area contributed by atoms with Crippen LogP contribution in [0.5, 0.6) is 0 Å². The number of amides is 1. The van der Waals surface area contributed by atoms with Gasteiger partial charge >= 0.3 is 0 Å². The summed E-state index contributed by atoms with van der Waals surface area (Å²) in [5.74, 6) is -0.481. The van der Waals surface area contributed by atoms with Crippen LogP contribution in [0.15, 0.2) is 54.6 Å². The molecule has 0 saturated carbocycles. The number of hydrogen-bond donors (Lipinski definition) is 1. The Balaban J connectivity index is 1.79. The normalized spacial score (nSPS) is 20.1. The largest absolute Gasteiger partial charge is 0.335 e. The molecule has 0 aliphatic carbocycles. The summed E-state index contributed by atoms with van der Waals surface area (Å²) in [5.41, 5.74) is 8.32. The Kier molecular flexibility index (Phi) is 5.49. The molecule has 2 aromatic carbocycles. The second-order valence-electron chi connectivity index (χ2n) is 6.82. The van der Waals surface area contributed by atoms with E-state index in [1.165, 1.54) is 12.1 Å². The summed E-state index contributed by atoms with van der Waals surface area (Å²) in [6, 6.07) is 15.9. The molecule has 3 atom stereocenters. The molecule has 0 spiro atoms. The van der Waals surface area contributed by atoms with E-state index < -0.39 is 0 Å². The molecule has 132 valence electrons. The molecule has 1 saturated heterocycles. The molecule has 0 bridgehead atoms. The summed E-state index contributed by atoms with van der Waals surface area (Å²) in [4.78, 5) is 15.1. The van der Waals surface area contributed by atoms with Gasteiger partial charge in [0.05, 0.1) is 12.0 Å². The van der Waals surface area contributed by atoms with Gasteiger partial charge in [0.15, 0.2) is 0 Å². The number of nitrogens with zero attached hydrogens (tertiary/aromatic N) is 1. The van der Waals surface area contributed by atoms with Crippen LogP contribution < -0.4 is 5.73 Å². The van der Waals surface area contributed by atoms with Crippen molar-refractivity contribution >= 4 is 5.91 Å². The van der Waals surface area contributed by atoms with Crippen molar-refractivity contribution in [2.75, 3.05) is 6.54 Å². The molecule has 1 fully saturated rings. The van der Waals surface area contributed by atoms with E-state index in [2.05, 4.69) is 0 Å². The molecular formula is C21H25FN2O. The van der Waals surface area contributed by atoms with Crippen molar-refractivity contribution in [3.63, 3.8) is 0 Å². The van der Waals surface area contributed by atoms with Gasteiger partial charge in [-0.2, -0.15) is 0 Å². The third-order valence-electron chi connectivity index (χ3n) is 5.15. The lowest BCUT2D eigenvalue weighted by molar-refractivity contribution is -0.139. The SMILES string of the molecule is CC(C(=O)N1CCCCC1c1ccc(F)cc1)C(N)c1ccccc1. The molecule has 25 heavy (non-hydrogen) atoms. The zero-order chi connectivity index (χ0) is 17.8. The topological polar surface area (TPSA) is 46.3 Å². The predicted molar refractivity (Wildman–Crippen MR) is 97.2 cm³/mol. The van der Waals surface area contributed by atoms with Crippen LogP contribution in [0.2, 0.25) is 0 Å². The Morgan fingerprint density at radius 3 is 2.48 bits per heavy atom. The highest BCUT2D eigenvalue weighted by molar-refractivity contribution is 5.80. The minimum absolute atomic E-state index is 0.00673. The van der Waals surface area contributed by atoms with E-state index in [9.17, 15) is 9.18 Å². The van der Waals surface area contributed by atoms with Crippen molar-refractivity contribution < 1.29 is 9.18 Å². The maximum absolute atomic E-state index is 13.2. The first-order chi connectivity index (χ1) is 12.1. The second kappa shape index (κ2) is 7.79. The fourth-order valence-electron chi connectivity index (χ4n) is 3.61. The number of likely N-dealkylation sites (tertiary alicyclic amines) is 1. The van der Waals surface area contributed by atoms with E-state index in [0.717, 1.165) is 36.9 Å². The van der Waals surface area contributed by atoms with Crippen LogP contribution in [0.3, 0.4) is 0 Å². The summed E-state index contributed by atoms with van der Waals surface area (Å²) in [6.07, 6.45) is 2.98. The van der Waals surface area contributed by atoms with Gasteiger partial charge in [-0.3, -0.25) is 4.79 Å². The molecule has 1 heterocycles. The van der Waals surface area contributed by atoms with E-state index in [4.69, 9.17) is 5.73 Å². The summed E-state index contributed by atoms with van der Waals surface area (Å²) in [6.45, 7) is 2.63. The van der Waals surface area contributed by atoms with Crippen molar-refractivity contribution in [2.45, 2.75) is 38.3 Å². The summed E-state index contributed by atoms with van der Waals surface area (Å²) in [5, 5.41) is 0. The number of hydrogen-bond acceptors (Lipinski definition) is 2. The first-order valence-electron chi connectivity index (χ1n) is 8.94. The summed E-state index contributed by atoms with van der Waals surface area (Å²) < 4.78 is 13.2. The van der Waals surface area contributed by atoms with Crippen molar-refractivity contribution in [1.82, 2.24) is 4.90 Å². The molecule has 1 aliphatic rings. The minimum atomic E-state index is -0.329.